The second kappa shape index (κ2) is 5.33. The summed E-state index contributed by atoms with van der Waals surface area (Å²) in [5.41, 5.74) is -0.633. The maximum Gasteiger partial charge on any atom is 0.311 e. The van der Waals surface area contributed by atoms with Crippen molar-refractivity contribution in [1.82, 2.24) is 0 Å². The molecule has 1 aromatic carbocycles. The van der Waals surface area contributed by atoms with Crippen molar-refractivity contribution in [2.24, 2.45) is 5.41 Å². The van der Waals surface area contributed by atoms with Gasteiger partial charge in [-0.15, -0.1) is 0 Å². The molecule has 8 heteroatoms. The number of ether oxygens (including phenoxy) is 1. The number of nitriles is 1. The van der Waals surface area contributed by atoms with Crippen LogP contribution in [0.15, 0.2) is 18.2 Å². The highest BCUT2D eigenvalue weighted by Crippen LogP contribution is 2.37. The molecule has 1 fully saturated rings. The first-order valence-corrected chi connectivity index (χ1v) is 8.06. The molecule has 1 aliphatic heterocycles. The van der Waals surface area contributed by atoms with Crippen molar-refractivity contribution < 1.29 is 18.1 Å². The fourth-order valence-electron chi connectivity index (χ4n) is 2.56. The molecule has 0 saturated carbocycles. The molecule has 0 spiro atoms. The van der Waals surface area contributed by atoms with Gasteiger partial charge in [0, 0.05) is 6.07 Å². The number of hydrogen-bond donors (Lipinski definition) is 0. The lowest BCUT2D eigenvalue weighted by atomic mass is 9.82. The van der Waals surface area contributed by atoms with Crippen LogP contribution in [-0.2, 0) is 16.3 Å². The van der Waals surface area contributed by atoms with Gasteiger partial charge < -0.3 is 4.74 Å². The second-order valence-corrected chi connectivity index (χ2v) is 7.36. The Bertz CT molecular complexity index is 723. The minimum absolute atomic E-state index is 0.0151. The quantitative estimate of drug-likeness (QED) is 0.615. The van der Waals surface area contributed by atoms with Gasteiger partial charge in [-0.25, -0.2) is 8.42 Å². The van der Waals surface area contributed by atoms with Crippen molar-refractivity contribution in [3.63, 3.8) is 0 Å². The van der Waals surface area contributed by atoms with Crippen LogP contribution in [0.25, 0.3) is 0 Å². The molecule has 7 nitrogen and oxygen atoms in total. The van der Waals surface area contributed by atoms with Gasteiger partial charge in [-0.2, -0.15) is 5.26 Å². The molecule has 1 atom stereocenters. The molecule has 0 aromatic heterocycles. The molecular formula is C13H14N2O5S. The second-order valence-electron chi connectivity index (χ2n) is 5.17. The Kier molecular flexibility index (Phi) is 3.87. The van der Waals surface area contributed by atoms with E-state index in [1.807, 2.05) is 0 Å². The van der Waals surface area contributed by atoms with E-state index in [4.69, 9.17) is 4.74 Å². The van der Waals surface area contributed by atoms with E-state index in [-0.39, 0.29) is 35.8 Å². The van der Waals surface area contributed by atoms with Gasteiger partial charge in [0.2, 0.25) is 0 Å². The molecule has 0 N–H and O–H groups in total. The van der Waals surface area contributed by atoms with Crippen LogP contribution in [0.2, 0.25) is 0 Å². The summed E-state index contributed by atoms with van der Waals surface area (Å²) in [4.78, 5) is 10.4. The molecule has 1 unspecified atom stereocenters. The number of benzene rings is 1. The highest BCUT2D eigenvalue weighted by atomic mass is 32.2. The Morgan fingerprint density at radius 1 is 1.52 bits per heavy atom. The summed E-state index contributed by atoms with van der Waals surface area (Å²) in [7, 11) is -1.87. The van der Waals surface area contributed by atoms with Gasteiger partial charge in [-0.05, 0) is 24.5 Å². The predicted molar refractivity (Wildman–Crippen MR) is 74.7 cm³/mol. The van der Waals surface area contributed by atoms with Gasteiger partial charge >= 0.3 is 5.69 Å². The van der Waals surface area contributed by atoms with Crippen molar-refractivity contribution >= 4 is 15.5 Å². The Hall–Kier alpha value is -2.14. The minimum Gasteiger partial charge on any atom is -0.490 e. The number of hydrogen-bond acceptors (Lipinski definition) is 6. The topological polar surface area (TPSA) is 110 Å². The highest BCUT2D eigenvalue weighted by molar-refractivity contribution is 7.91. The van der Waals surface area contributed by atoms with Crippen molar-refractivity contribution in [1.29, 1.82) is 5.26 Å². The lowest BCUT2D eigenvalue weighted by Crippen LogP contribution is -2.23. The van der Waals surface area contributed by atoms with Crippen molar-refractivity contribution in [3.05, 3.63) is 33.9 Å². The molecule has 2 rings (SSSR count). The first kappa shape index (κ1) is 15.3. The molecule has 1 saturated heterocycles. The van der Waals surface area contributed by atoms with Gasteiger partial charge in [-0.3, -0.25) is 10.1 Å². The predicted octanol–water partition coefficient (Wildman–Crippen LogP) is 1.47. The largest absolute Gasteiger partial charge is 0.490 e. The van der Waals surface area contributed by atoms with Crippen molar-refractivity contribution in [2.45, 2.75) is 12.8 Å². The third kappa shape index (κ3) is 3.13. The fraction of sp³-hybridized carbons (Fsp3) is 0.462. The Labute approximate surface area is 122 Å². The van der Waals surface area contributed by atoms with E-state index >= 15 is 0 Å². The maximum absolute atomic E-state index is 11.6. The zero-order valence-electron chi connectivity index (χ0n) is 11.4. The molecule has 21 heavy (non-hydrogen) atoms. The van der Waals surface area contributed by atoms with Gasteiger partial charge in [0.1, 0.15) is 0 Å². The summed E-state index contributed by atoms with van der Waals surface area (Å²) < 4.78 is 28.1. The lowest BCUT2D eigenvalue weighted by Gasteiger charge is -2.18. The number of rotatable bonds is 4. The maximum atomic E-state index is 11.6. The van der Waals surface area contributed by atoms with Gasteiger partial charge in [0.25, 0.3) is 0 Å². The zero-order chi connectivity index (χ0) is 15.7. The molecule has 1 aromatic rings. The van der Waals surface area contributed by atoms with Crippen LogP contribution < -0.4 is 4.74 Å². The van der Waals surface area contributed by atoms with Crippen LogP contribution >= 0.6 is 0 Å². The minimum atomic E-state index is -3.21. The van der Waals surface area contributed by atoms with Crippen molar-refractivity contribution in [2.75, 3.05) is 18.6 Å². The highest BCUT2D eigenvalue weighted by Gasteiger charge is 2.42. The molecule has 112 valence electrons. The molecule has 0 aliphatic carbocycles. The normalized spacial score (nSPS) is 23.4. The van der Waals surface area contributed by atoms with Crippen LogP contribution in [0.3, 0.4) is 0 Å². The molecule has 0 radical (unpaired) electrons. The summed E-state index contributed by atoms with van der Waals surface area (Å²) in [6.45, 7) is 0. The van der Waals surface area contributed by atoms with E-state index in [1.165, 1.54) is 19.2 Å². The standard InChI is InChI=1S/C13H14N2O5S/c1-20-12-3-2-10(6-11(12)15(16)17)7-13(8-14)4-5-21(18,19)9-13/h2-3,6H,4-5,7,9H2,1H3. The lowest BCUT2D eigenvalue weighted by molar-refractivity contribution is -0.385. The summed E-state index contributed by atoms with van der Waals surface area (Å²) >= 11 is 0. The summed E-state index contributed by atoms with van der Waals surface area (Å²) in [6, 6.07) is 6.50. The van der Waals surface area contributed by atoms with E-state index in [1.54, 1.807) is 6.07 Å². The van der Waals surface area contributed by atoms with Crippen LogP contribution in [0, 0.1) is 26.9 Å². The fourth-order valence-corrected chi connectivity index (χ4v) is 4.56. The summed E-state index contributed by atoms with van der Waals surface area (Å²) in [5.74, 6) is -0.0800. The van der Waals surface area contributed by atoms with E-state index in [0.717, 1.165) is 0 Å². The van der Waals surface area contributed by atoms with Crippen LogP contribution in [0.5, 0.6) is 5.75 Å². The monoisotopic (exact) mass is 310 g/mol. The van der Waals surface area contributed by atoms with Crippen molar-refractivity contribution in [3.8, 4) is 11.8 Å². The van der Waals surface area contributed by atoms with Gasteiger partial charge in [0.05, 0.1) is 35.0 Å². The molecular weight excluding hydrogens is 296 g/mol. The number of nitro benzene ring substituents is 1. The first-order valence-electron chi connectivity index (χ1n) is 6.24. The number of methoxy groups -OCH3 is 1. The third-order valence-electron chi connectivity index (χ3n) is 3.61. The average molecular weight is 310 g/mol. The first-order chi connectivity index (χ1) is 9.81. The van der Waals surface area contributed by atoms with E-state index < -0.39 is 20.2 Å². The van der Waals surface area contributed by atoms with E-state index in [0.29, 0.717) is 5.56 Å². The number of sulfone groups is 1. The molecule has 1 heterocycles. The number of nitro groups is 1. The van der Waals surface area contributed by atoms with Gasteiger partial charge in [-0.1, -0.05) is 6.07 Å². The molecule has 1 aliphatic rings. The Morgan fingerprint density at radius 2 is 2.24 bits per heavy atom. The Morgan fingerprint density at radius 3 is 2.71 bits per heavy atom. The van der Waals surface area contributed by atoms with Crippen LogP contribution in [0.4, 0.5) is 5.69 Å². The SMILES string of the molecule is COc1ccc(CC2(C#N)CCS(=O)(=O)C2)cc1[N+](=O)[O-]. The van der Waals surface area contributed by atoms with Gasteiger partial charge in [0.15, 0.2) is 15.6 Å². The summed E-state index contributed by atoms with van der Waals surface area (Å²) in [6.07, 6.45) is 0.430. The molecule has 0 amide bonds. The number of nitrogens with zero attached hydrogens (tertiary/aromatic N) is 2. The zero-order valence-corrected chi connectivity index (χ0v) is 12.2. The van der Waals surface area contributed by atoms with Crippen LogP contribution in [0.1, 0.15) is 12.0 Å². The van der Waals surface area contributed by atoms with Crippen LogP contribution in [-0.4, -0.2) is 32.0 Å². The van der Waals surface area contributed by atoms with E-state index in [2.05, 4.69) is 6.07 Å². The molecule has 0 bridgehead atoms. The van der Waals surface area contributed by atoms with E-state index in [9.17, 15) is 23.8 Å². The summed E-state index contributed by atoms with van der Waals surface area (Å²) in [5, 5.41) is 20.3. The Balaban J connectivity index is 2.34. The average Bonchev–Trinajstić information content (AvgIpc) is 2.74. The third-order valence-corrected chi connectivity index (χ3v) is 5.43. The smallest absolute Gasteiger partial charge is 0.311 e.